The first-order valence-corrected chi connectivity index (χ1v) is 9.18. The van der Waals surface area contributed by atoms with E-state index in [-0.39, 0.29) is 17.1 Å². The summed E-state index contributed by atoms with van der Waals surface area (Å²) in [7, 11) is 0. The smallest absolute Gasteiger partial charge is 0.228 e. The molecular weight excluding hydrogens is 364 g/mol. The first kappa shape index (κ1) is 16.4. The number of Topliss-reactive ketones (excluding diaryl/α,β-unsaturated/α-hetero) is 1. The average Bonchev–Trinajstić information content (AvgIpc) is 3.08. The molecule has 0 fully saturated rings. The van der Waals surface area contributed by atoms with Gasteiger partial charge in [-0.05, 0) is 23.1 Å². The SMILES string of the molecule is CC1(C)CC(=O)C2=C(C1)Oc1ncn3ncnc3c1C2c1ccc(Cl)cc1. The number of fused-ring (bicyclic) bond motifs is 3. The van der Waals surface area contributed by atoms with E-state index >= 15 is 0 Å². The Hall–Kier alpha value is -2.73. The number of rotatable bonds is 1. The highest BCUT2D eigenvalue weighted by atomic mass is 35.5. The van der Waals surface area contributed by atoms with Gasteiger partial charge in [-0.15, -0.1) is 0 Å². The fourth-order valence-electron chi connectivity index (χ4n) is 4.07. The van der Waals surface area contributed by atoms with Crippen molar-refractivity contribution in [3.63, 3.8) is 0 Å². The van der Waals surface area contributed by atoms with Gasteiger partial charge in [0.25, 0.3) is 0 Å². The van der Waals surface area contributed by atoms with E-state index < -0.39 is 0 Å². The van der Waals surface area contributed by atoms with Crippen LogP contribution in [0.5, 0.6) is 5.88 Å². The van der Waals surface area contributed by atoms with Crippen molar-refractivity contribution in [2.45, 2.75) is 32.6 Å². The number of aromatic nitrogens is 4. The van der Waals surface area contributed by atoms with Crippen molar-refractivity contribution in [1.29, 1.82) is 0 Å². The molecule has 1 unspecified atom stereocenters. The zero-order valence-electron chi connectivity index (χ0n) is 14.9. The zero-order valence-corrected chi connectivity index (χ0v) is 15.7. The molecule has 0 radical (unpaired) electrons. The second kappa shape index (κ2) is 5.63. The number of nitrogens with zero attached hydrogens (tertiary/aromatic N) is 4. The van der Waals surface area contributed by atoms with E-state index in [0.717, 1.165) is 11.1 Å². The van der Waals surface area contributed by atoms with Gasteiger partial charge in [-0.3, -0.25) is 4.79 Å². The van der Waals surface area contributed by atoms with Crippen LogP contribution in [0.4, 0.5) is 0 Å². The topological polar surface area (TPSA) is 69.4 Å². The van der Waals surface area contributed by atoms with E-state index in [0.29, 0.717) is 40.7 Å². The summed E-state index contributed by atoms with van der Waals surface area (Å²) in [6.45, 7) is 4.17. The highest BCUT2D eigenvalue weighted by Crippen LogP contribution is 2.50. The number of halogens is 1. The lowest BCUT2D eigenvalue weighted by atomic mass is 9.70. The van der Waals surface area contributed by atoms with Crippen LogP contribution in [0.1, 0.15) is 43.7 Å². The second-order valence-electron chi connectivity index (χ2n) is 7.86. The van der Waals surface area contributed by atoms with Crippen LogP contribution in [0.3, 0.4) is 0 Å². The molecule has 3 aromatic rings. The van der Waals surface area contributed by atoms with Crippen molar-refractivity contribution in [1.82, 2.24) is 19.6 Å². The third kappa shape index (κ3) is 2.55. The molecule has 2 aliphatic rings. The molecule has 2 aromatic heterocycles. The van der Waals surface area contributed by atoms with Gasteiger partial charge in [0, 0.05) is 29.4 Å². The molecule has 1 atom stereocenters. The molecule has 0 bridgehead atoms. The van der Waals surface area contributed by atoms with Crippen molar-refractivity contribution < 1.29 is 9.53 Å². The maximum absolute atomic E-state index is 13.2. The largest absolute Gasteiger partial charge is 0.442 e. The van der Waals surface area contributed by atoms with Crippen LogP contribution in [-0.2, 0) is 4.79 Å². The van der Waals surface area contributed by atoms with Crippen molar-refractivity contribution in [2.75, 3.05) is 0 Å². The maximum atomic E-state index is 13.2. The third-order valence-electron chi connectivity index (χ3n) is 5.21. The van der Waals surface area contributed by atoms with Gasteiger partial charge in [0.2, 0.25) is 5.88 Å². The molecule has 1 aliphatic carbocycles. The minimum Gasteiger partial charge on any atom is -0.442 e. The van der Waals surface area contributed by atoms with Crippen LogP contribution in [0.15, 0.2) is 48.3 Å². The van der Waals surface area contributed by atoms with Gasteiger partial charge < -0.3 is 4.74 Å². The lowest BCUT2D eigenvalue weighted by Crippen LogP contribution is -2.33. The Morgan fingerprint density at radius 3 is 2.74 bits per heavy atom. The number of hydrogen-bond donors (Lipinski definition) is 0. The molecule has 5 rings (SSSR count). The number of hydrogen-bond acceptors (Lipinski definition) is 5. The molecule has 1 aliphatic heterocycles. The van der Waals surface area contributed by atoms with Gasteiger partial charge in [-0.2, -0.15) is 5.10 Å². The summed E-state index contributed by atoms with van der Waals surface area (Å²) in [4.78, 5) is 22.0. The Morgan fingerprint density at radius 1 is 1.19 bits per heavy atom. The first-order valence-electron chi connectivity index (χ1n) is 8.81. The number of ketones is 1. The van der Waals surface area contributed by atoms with E-state index in [1.165, 1.54) is 6.33 Å². The summed E-state index contributed by atoms with van der Waals surface area (Å²) in [5, 5.41) is 4.83. The summed E-state index contributed by atoms with van der Waals surface area (Å²) >= 11 is 6.09. The van der Waals surface area contributed by atoms with Gasteiger partial charge in [-0.25, -0.2) is 14.5 Å². The summed E-state index contributed by atoms with van der Waals surface area (Å²) < 4.78 is 7.74. The lowest BCUT2D eigenvalue weighted by molar-refractivity contribution is -0.118. The molecule has 7 heteroatoms. The van der Waals surface area contributed by atoms with Gasteiger partial charge >= 0.3 is 0 Å². The Morgan fingerprint density at radius 2 is 1.96 bits per heavy atom. The molecule has 0 spiro atoms. The minimum atomic E-state index is -0.301. The van der Waals surface area contributed by atoms with Gasteiger partial charge in [-0.1, -0.05) is 37.6 Å². The fourth-order valence-corrected chi connectivity index (χ4v) is 4.20. The van der Waals surface area contributed by atoms with Crippen molar-refractivity contribution >= 4 is 23.0 Å². The summed E-state index contributed by atoms with van der Waals surface area (Å²) in [5.41, 5.74) is 2.93. The summed E-state index contributed by atoms with van der Waals surface area (Å²) in [5.74, 6) is 0.998. The molecular formula is C20H17ClN4O2. The number of allylic oxidation sites excluding steroid dienone is 2. The zero-order chi connectivity index (χ0) is 18.8. The van der Waals surface area contributed by atoms with Crippen LogP contribution in [0, 0.1) is 5.41 Å². The Bertz CT molecular complexity index is 1110. The van der Waals surface area contributed by atoms with Crippen LogP contribution >= 0.6 is 11.6 Å². The monoisotopic (exact) mass is 380 g/mol. The molecule has 0 N–H and O–H groups in total. The number of carbonyl (C=O) groups is 1. The predicted molar refractivity (Wildman–Crippen MR) is 99.8 cm³/mol. The fraction of sp³-hybridized carbons (Fsp3) is 0.300. The molecule has 27 heavy (non-hydrogen) atoms. The van der Waals surface area contributed by atoms with Crippen LogP contribution in [0.25, 0.3) is 5.65 Å². The molecule has 0 amide bonds. The molecule has 0 saturated heterocycles. The molecule has 1 aromatic carbocycles. The molecule has 136 valence electrons. The molecule has 0 saturated carbocycles. The van der Waals surface area contributed by atoms with Gasteiger partial charge in [0.05, 0.1) is 5.56 Å². The van der Waals surface area contributed by atoms with Gasteiger partial charge in [0.1, 0.15) is 18.4 Å². The number of benzene rings is 1. The van der Waals surface area contributed by atoms with Crippen LogP contribution in [-0.4, -0.2) is 25.4 Å². The average molecular weight is 381 g/mol. The molecule has 6 nitrogen and oxygen atoms in total. The Kier molecular flexibility index (Phi) is 3.43. The standard InChI is InChI=1S/C20H17ClN4O2/c1-20(2)7-13(26)16-14(8-20)27-19-17(18-22-9-24-25(18)10-23-19)15(16)11-3-5-12(21)6-4-11/h3-6,9-10,15H,7-8H2,1-2H3. The summed E-state index contributed by atoms with van der Waals surface area (Å²) in [6, 6.07) is 7.56. The highest BCUT2D eigenvalue weighted by Gasteiger charge is 2.43. The first-order chi connectivity index (χ1) is 12.9. The number of ether oxygens (including phenoxy) is 1. The van der Waals surface area contributed by atoms with Crippen molar-refractivity contribution in [3.05, 3.63) is 64.4 Å². The van der Waals surface area contributed by atoms with Crippen molar-refractivity contribution in [2.24, 2.45) is 5.41 Å². The van der Waals surface area contributed by atoms with E-state index in [1.54, 1.807) is 10.8 Å². The number of carbonyl (C=O) groups excluding carboxylic acids is 1. The van der Waals surface area contributed by atoms with E-state index in [1.807, 2.05) is 24.3 Å². The Labute approximate surface area is 160 Å². The second-order valence-corrected chi connectivity index (χ2v) is 8.29. The maximum Gasteiger partial charge on any atom is 0.228 e. The minimum absolute atomic E-state index is 0.105. The van der Waals surface area contributed by atoms with Crippen molar-refractivity contribution in [3.8, 4) is 5.88 Å². The van der Waals surface area contributed by atoms with E-state index in [9.17, 15) is 4.79 Å². The van der Waals surface area contributed by atoms with Crippen LogP contribution in [0.2, 0.25) is 5.02 Å². The van der Waals surface area contributed by atoms with Gasteiger partial charge in [0.15, 0.2) is 11.4 Å². The van der Waals surface area contributed by atoms with E-state index in [2.05, 4.69) is 28.9 Å². The predicted octanol–water partition coefficient (Wildman–Crippen LogP) is 3.95. The third-order valence-corrected chi connectivity index (χ3v) is 5.46. The highest BCUT2D eigenvalue weighted by molar-refractivity contribution is 6.30. The van der Waals surface area contributed by atoms with E-state index in [4.69, 9.17) is 16.3 Å². The lowest BCUT2D eigenvalue weighted by Gasteiger charge is -2.37. The molecule has 3 heterocycles. The normalized spacial score (nSPS) is 21.0. The Balaban J connectivity index is 1.80. The summed E-state index contributed by atoms with van der Waals surface area (Å²) in [6.07, 6.45) is 4.24. The van der Waals surface area contributed by atoms with Crippen LogP contribution < -0.4 is 4.74 Å². The quantitative estimate of drug-likeness (QED) is 0.639.